The molecule has 0 atom stereocenters. The number of oxazole rings is 1. The highest BCUT2D eigenvalue weighted by molar-refractivity contribution is 14.0. The third kappa shape index (κ3) is 6.85. The molecule has 2 N–H and O–H groups in total. The van der Waals surface area contributed by atoms with Crippen molar-refractivity contribution in [3.63, 3.8) is 0 Å². The summed E-state index contributed by atoms with van der Waals surface area (Å²) in [6.45, 7) is 1.35. The molecule has 150 valence electrons. The van der Waals surface area contributed by atoms with Crippen molar-refractivity contribution in [2.75, 3.05) is 14.2 Å². The van der Waals surface area contributed by atoms with Crippen molar-refractivity contribution in [1.29, 1.82) is 0 Å². The summed E-state index contributed by atoms with van der Waals surface area (Å²) >= 11 is 0. The Bertz CT molecular complexity index is 749. The number of alkyl halides is 2. The predicted octanol–water partition coefficient (Wildman–Crippen LogP) is 3.38. The van der Waals surface area contributed by atoms with Crippen LogP contribution in [0.5, 0.6) is 11.5 Å². The number of halogens is 3. The van der Waals surface area contributed by atoms with Crippen LogP contribution in [0.15, 0.2) is 27.6 Å². The number of aromatic nitrogens is 1. The van der Waals surface area contributed by atoms with Crippen molar-refractivity contribution in [1.82, 2.24) is 15.6 Å². The molecule has 1 aromatic carbocycles. The summed E-state index contributed by atoms with van der Waals surface area (Å²) in [5.74, 6) is 2.37. The van der Waals surface area contributed by atoms with Crippen LogP contribution in [0.1, 0.15) is 22.9 Å². The molecule has 0 fully saturated rings. The van der Waals surface area contributed by atoms with E-state index in [9.17, 15) is 8.78 Å². The van der Waals surface area contributed by atoms with Gasteiger partial charge >= 0.3 is 6.61 Å². The Hall–Kier alpha value is -2.11. The summed E-state index contributed by atoms with van der Waals surface area (Å²) in [5, 5.41) is 6.08. The van der Waals surface area contributed by atoms with E-state index in [4.69, 9.17) is 9.15 Å². The molecule has 0 saturated carbocycles. The molecule has 1 aromatic heterocycles. The molecule has 1 heterocycles. The SMILES string of the molecule is CN=C(NCc1nc(C)c(C)o1)NCc1cc(OC)ccc1OC(F)F.I. The lowest BCUT2D eigenvalue weighted by Gasteiger charge is -2.15. The fourth-order valence-electron chi connectivity index (χ4n) is 2.21. The van der Waals surface area contributed by atoms with Crippen LogP contribution < -0.4 is 20.1 Å². The Morgan fingerprint density at radius 2 is 1.96 bits per heavy atom. The van der Waals surface area contributed by atoms with Gasteiger partial charge in [0.2, 0.25) is 5.89 Å². The number of ether oxygens (including phenoxy) is 2. The number of guanidine groups is 1. The number of rotatable bonds is 7. The standard InChI is InChI=1S/C17H22F2N4O3.HI/c1-10-11(2)25-15(23-10)9-22-17(20-3)21-8-12-7-13(24-4)5-6-14(12)26-16(18)19;/h5-7,16H,8-9H2,1-4H3,(H2,20,21,22);1H. The van der Waals surface area contributed by atoms with Gasteiger partial charge in [-0.2, -0.15) is 8.78 Å². The molecule has 7 nitrogen and oxygen atoms in total. The summed E-state index contributed by atoms with van der Waals surface area (Å²) in [6, 6.07) is 4.62. The first-order valence-corrected chi connectivity index (χ1v) is 7.92. The van der Waals surface area contributed by atoms with E-state index in [0.29, 0.717) is 29.7 Å². The smallest absolute Gasteiger partial charge is 0.387 e. The highest BCUT2D eigenvalue weighted by Gasteiger charge is 2.12. The lowest BCUT2D eigenvalue weighted by Crippen LogP contribution is -2.36. The second-order valence-electron chi connectivity index (χ2n) is 5.38. The van der Waals surface area contributed by atoms with E-state index in [-0.39, 0.29) is 36.3 Å². The van der Waals surface area contributed by atoms with Crippen molar-refractivity contribution >= 4 is 29.9 Å². The molecule has 2 rings (SSSR count). The first-order chi connectivity index (χ1) is 12.4. The van der Waals surface area contributed by atoms with Crippen LogP contribution in [0.25, 0.3) is 0 Å². The first kappa shape index (κ1) is 22.9. The van der Waals surface area contributed by atoms with Crippen molar-refractivity contribution in [3.8, 4) is 11.5 Å². The van der Waals surface area contributed by atoms with Crippen molar-refractivity contribution < 1.29 is 22.7 Å². The molecule has 0 spiro atoms. The van der Waals surface area contributed by atoms with Crippen molar-refractivity contribution in [3.05, 3.63) is 41.1 Å². The molecule has 10 heteroatoms. The second kappa shape index (κ2) is 10.9. The van der Waals surface area contributed by atoms with E-state index < -0.39 is 6.61 Å². The summed E-state index contributed by atoms with van der Waals surface area (Å²) in [4.78, 5) is 8.36. The molecule has 0 saturated heterocycles. The lowest BCUT2D eigenvalue weighted by molar-refractivity contribution is -0.0505. The van der Waals surface area contributed by atoms with Gasteiger partial charge in [0.25, 0.3) is 0 Å². The van der Waals surface area contributed by atoms with Crippen LogP contribution in [-0.4, -0.2) is 31.7 Å². The molecular weight excluding hydrogens is 473 g/mol. The molecule has 0 aliphatic heterocycles. The van der Waals surface area contributed by atoms with E-state index in [1.807, 2.05) is 13.8 Å². The van der Waals surface area contributed by atoms with Crippen molar-refractivity contribution in [2.45, 2.75) is 33.5 Å². The van der Waals surface area contributed by atoms with Gasteiger partial charge in [0.15, 0.2) is 5.96 Å². The van der Waals surface area contributed by atoms with E-state index in [1.165, 1.54) is 13.2 Å². The Labute approximate surface area is 173 Å². The van der Waals surface area contributed by atoms with Crippen LogP contribution in [-0.2, 0) is 13.1 Å². The average molecular weight is 496 g/mol. The topological polar surface area (TPSA) is 80.9 Å². The number of aryl methyl sites for hydroxylation is 2. The van der Waals surface area contributed by atoms with Gasteiger partial charge in [-0.25, -0.2) is 4.98 Å². The highest BCUT2D eigenvalue weighted by atomic mass is 127. The van der Waals surface area contributed by atoms with Crippen LogP contribution in [0.3, 0.4) is 0 Å². The largest absolute Gasteiger partial charge is 0.497 e. The number of methoxy groups -OCH3 is 1. The van der Waals surface area contributed by atoms with Crippen LogP contribution in [0, 0.1) is 13.8 Å². The summed E-state index contributed by atoms with van der Waals surface area (Å²) < 4.78 is 40.3. The van der Waals surface area contributed by atoms with Crippen LogP contribution in [0.4, 0.5) is 8.78 Å². The third-order valence-corrected chi connectivity index (χ3v) is 3.63. The van der Waals surface area contributed by atoms with Gasteiger partial charge in [0.1, 0.15) is 17.3 Å². The van der Waals surface area contributed by atoms with E-state index in [1.54, 1.807) is 19.2 Å². The molecule has 0 bridgehead atoms. The predicted molar refractivity (Wildman–Crippen MR) is 108 cm³/mol. The Balaban J connectivity index is 0.00000364. The summed E-state index contributed by atoms with van der Waals surface area (Å²) in [7, 11) is 3.10. The molecular formula is C17H23F2IN4O3. The highest BCUT2D eigenvalue weighted by Crippen LogP contribution is 2.25. The Morgan fingerprint density at radius 1 is 1.26 bits per heavy atom. The fourth-order valence-corrected chi connectivity index (χ4v) is 2.21. The molecule has 2 aromatic rings. The molecule has 0 amide bonds. The van der Waals surface area contributed by atoms with Gasteiger partial charge in [0.05, 0.1) is 19.3 Å². The fraction of sp³-hybridized carbons (Fsp3) is 0.412. The minimum absolute atomic E-state index is 0. The van der Waals surface area contributed by atoms with Crippen LogP contribution in [0.2, 0.25) is 0 Å². The van der Waals surface area contributed by atoms with E-state index in [2.05, 4.69) is 25.3 Å². The average Bonchev–Trinajstić information content (AvgIpc) is 2.93. The maximum atomic E-state index is 12.6. The number of aliphatic imine (C=N–C) groups is 1. The van der Waals surface area contributed by atoms with Gasteiger partial charge < -0.3 is 24.5 Å². The number of nitrogens with zero attached hydrogens (tertiary/aromatic N) is 2. The molecule has 0 radical (unpaired) electrons. The number of benzene rings is 1. The monoisotopic (exact) mass is 496 g/mol. The molecule has 0 aliphatic rings. The zero-order valence-corrected chi connectivity index (χ0v) is 17.8. The van der Waals surface area contributed by atoms with Crippen molar-refractivity contribution in [2.24, 2.45) is 4.99 Å². The van der Waals surface area contributed by atoms with Gasteiger partial charge in [-0.05, 0) is 32.0 Å². The second-order valence-corrected chi connectivity index (χ2v) is 5.38. The van der Waals surface area contributed by atoms with Gasteiger partial charge in [-0.1, -0.05) is 0 Å². The maximum Gasteiger partial charge on any atom is 0.387 e. The normalized spacial score (nSPS) is 11.1. The minimum atomic E-state index is -2.91. The Morgan fingerprint density at radius 3 is 2.52 bits per heavy atom. The van der Waals surface area contributed by atoms with E-state index >= 15 is 0 Å². The molecule has 0 unspecified atom stereocenters. The Kier molecular flexibility index (Phi) is 9.26. The number of hydrogen-bond donors (Lipinski definition) is 2. The molecule has 0 aliphatic carbocycles. The van der Waals surface area contributed by atoms with Crippen LogP contribution >= 0.6 is 24.0 Å². The summed E-state index contributed by atoms with van der Waals surface area (Å²) in [6.07, 6.45) is 0. The number of nitrogens with one attached hydrogen (secondary N) is 2. The minimum Gasteiger partial charge on any atom is -0.497 e. The van der Waals surface area contributed by atoms with Gasteiger partial charge in [-0.3, -0.25) is 4.99 Å². The van der Waals surface area contributed by atoms with E-state index in [0.717, 1.165) is 11.5 Å². The van der Waals surface area contributed by atoms with Gasteiger partial charge in [-0.15, -0.1) is 24.0 Å². The maximum absolute atomic E-state index is 12.6. The third-order valence-electron chi connectivity index (χ3n) is 3.63. The number of hydrogen-bond acceptors (Lipinski definition) is 5. The summed E-state index contributed by atoms with van der Waals surface area (Å²) in [5.41, 5.74) is 1.34. The zero-order chi connectivity index (χ0) is 19.1. The quantitative estimate of drug-likeness (QED) is 0.348. The lowest BCUT2D eigenvalue weighted by atomic mass is 10.2. The molecule has 27 heavy (non-hydrogen) atoms. The van der Waals surface area contributed by atoms with Gasteiger partial charge in [0, 0.05) is 19.2 Å². The zero-order valence-electron chi connectivity index (χ0n) is 15.5. The first-order valence-electron chi connectivity index (χ1n) is 7.92.